The summed E-state index contributed by atoms with van der Waals surface area (Å²) in [4.78, 5) is 15.1. The molecule has 0 saturated carbocycles. The van der Waals surface area contributed by atoms with Gasteiger partial charge in [-0.3, -0.25) is 0 Å². The molecular weight excluding hydrogens is 513 g/mol. The number of aliphatic hydroxyl groups is 1. The van der Waals surface area contributed by atoms with E-state index in [1.807, 2.05) is 29.8 Å². The second-order valence-electron chi connectivity index (χ2n) is 9.49. The van der Waals surface area contributed by atoms with Crippen molar-refractivity contribution in [2.75, 3.05) is 20.7 Å². The zero-order valence-corrected chi connectivity index (χ0v) is 21.9. The van der Waals surface area contributed by atoms with E-state index in [4.69, 9.17) is 9.16 Å². The number of nitrogens with zero attached hydrogens (tertiary/aromatic N) is 5. The molecule has 1 fully saturated rings. The molecule has 2 aromatic rings. The number of ether oxygens (including phenoxy) is 1. The fraction of sp³-hybridized carbons (Fsp3) is 0.650. The number of aliphatic imine (C=N–C) groups is 1. The van der Waals surface area contributed by atoms with Crippen molar-refractivity contribution in [1.82, 2.24) is 19.4 Å². The zero-order valence-electron chi connectivity index (χ0n) is 18.8. The SMILES string of the molecule is CN(C)C=Nc1ncnc2c1c(I)cn2[C@H]1C[C@@H](O)[C@@H](CO[Si](C)(C)C(C)(C)C)O1. The first-order chi connectivity index (χ1) is 13.9. The van der Waals surface area contributed by atoms with Gasteiger partial charge < -0.3 is 23.7 Å². The smallest absolute Gasteiger partial charge is 0.192 e. The molecule has 1 saturated heterocycles. The quantitative estimate of drug-likeness (QED) is 0.256. The zero-order chi connectivity index (χ0) is 22.3. The van der Waals surface area contributed by atoms with Gasteiger partial charge in [0.2, 0.25) is 0 Å². The maximum atomic E-state index is 10.6. The molecule has 0 bridgehead atoms. The van der Waals surface area contributed by atoms with Crippen molar-refractivity contribution < 1.29 is 14.3 Å². The topological polar surface area (TPSA) is 85.0 Å². The summed E-state index contributed by atoms with van der Waals surface area (Å²) in [5.41, 5.74) is 0.753. The van der Waals surface area contributed by atoms with Crippen LogP contribution in [0.1, 0.15) is 33.4 Å². The first-order valence-electron chi connectivity index (χ1n) is 10.1. The summed E-state index contributed by atoms with van der Waals surface area (Å²) in [6, 6.07) is 0. The third-order valence-corrected chi connectivity index (χ3v) is 11.2. The van der Waals surface area contributed by atoms with Crippen LogP contribution in [-0.4, -0.2) is 72.1 Å². The minimum atomic E-state index is -1.91. The Labute approximate surface area is 193 Å². The summed E-state index contributed by atoms with van der Waals surface area (Å²) in [6.45, 7) is 11.4. The number of hydrogen-bond acceptors (Lipinski definition) is 6. The van der Waals surface area contributed by atoms with Crippen molar-refractivity contribution in [3.05, 3.63) is 16.1 Å². The molecule has 1 aliphatic heterocycles. The van der Waals surface area contributed by atoms with Crippen molar-refractivity contribution >= 4 is 54.1 Å². The van der Waals surface area contributed by atoms with E-state index >= 15 is 0 Å². The number of halogens is 1. The molecule has 10 heteroatoms. The largest absolute Gasteiger partial charge is 0.414 e. The molecule has 0 radical (unpaired) electrons. The maximum absolute atomic E-state index is 10.6. The highest BCUT2D eigenvalue weighted by Gasteiger charge is 2.41. The van der Waals surface area contributed by atoms with Gasteiger partial charge in [-0.1, -0.05) is 20.8 Å². The lowest BCUT2D eigenvalue weighted by molar-refractivity contribution is -0.0403. The normalized spacial score (nSPS) is 23.0. The first kappa shape index (κ1) is 23.6. The molecule has 8 nitrogen and oxygen atoms in total. The van der Waals surface area contributed by atoms with Crippen molar-refractivity contribution in [3.63, 3.8) is 0 Å². The molecule has 3 atom stereocenters. The van der Waals surface area contributed by atoms with Crippen LogP contribution in [0.15, 0.2) is 17.5 Å². The Morgan fingerprint density at radius 2 is 2.10 bits per heavy atom. The average Bonchev–Trinajstić information content (AvgIpc) is 3.17. The summed E-state index contributed by atoms with van der Waals surface area (Å²) < 4.78 is 15.5. The molecule has 0 aliphatic carbocycles. The number of fused-ring (bicyclic) bond motifs is 1. The highest BCUT2D eigenvalue weighted by atomic mass is 127. The third kappa shape index (κ3) is 4.87. The number of rotatable bonds is 6. The van der Waals surface area contributed by atoms with Crippen LogP contribution in [0, 0.1) is 3.57 Å². The summed E-state index contributed by atoms with van der Waals surface area (Å²) in [5.74, 6) is 0.619. The van der Waals surface area contributed by atoms with E-state index < -0.39 is 14.4 Å². The second kappa shape index (κ2) is 8.81. The van der Waals surface area contributed by atoms with Gasteiger partial charge >= 0.3 is 0 Å². The predicted octanol–water partition coefficient (Wildman–Crippen LogP) is 3.93. The Kier molecular flexibility index (Phi) is 6.92. The van der Waals surface area contributed by atoms with Crippen LogP contribution in [0.25, 0.3) is 11.0 Å². The predicted molar refractivity (Wildman–Crippen MR) is 130 cm³/mol. The highest BCUT2D eigenvalue weighted by Crippen LogP contribution is 2.39. The molecule has 3 rings (SSSR count). The molecule has 2 aromatic heterocycles. The van der Waals surface area contributed by atoms with E-state index in [-0.39, 0.29) is 17.4 Å². The molecule has 0 unspecified atom stereocenters. The molecule has 30 heavy (non-hydrogen) atoms. The van der Waals surface area contributed by atoms with Crippen molar-refractivity contribution in [2.45, 2.75) is 63.8 Å². The van der Waals surface area contributed by atoms with Gasteiger partial charge in [0.25, 0.3) is 0 Å². The van der Waals surface area contributed by atoms with Gasteiger partial charge in [0, 0.05) is 30.3 Å². The van der Waals surface area contributed by atoms with Gasteiger partial charge in [0.15, 0.2) is 14.1 Å². The molecule has 0 aromatic carbocycles. The number of hydrogen-bond donors (Lipinski definition) is 1. The third-order valence-electron chi connectivity index (χ3n) is 5.88. The maximum Gasteiger partial charge on any atom is 0.192 e. The van der Waals surface area contributed by atoms with E-state index in [9.17, 15) is 5.11 Å². The van der Waals surface area contributed by atoms with Crippen LogP contribution in [0.3, 0.4) is 0 Å². The Morgan fingerprint density at radius 3 is 2.73 bits per heavy atom. The van der Waals surface area contributed by atoms with Crippen LogP contribution in [-0.2, 0) is 9.16 Å². The van der Waals surface area contributed by atoms with Crippen LogP contribution in [0.2, 0.25) is 18.1 Å². The molecule has 1 aliphatic rings. The summed E-state index contributed by atoms with van der Waals surface area (Å²) in [5, 5.41) is 11.6. The van der Waals surface area contributed by atoms with Gasteiger partial charge in [-0.2, -0.15) is 0 Å². The van der Waals surface area contributed by atoms with E-state index in [2.05, 4.69) is 71.4 Å². The van der Waals surface area contributed by atoms with E-state index in [1.54, 1.807) is 6.34 Å². The molecular formula is C20H32IN5O3Si. The minimum absolute atomic E-state index is 0.114. The van der Waals surface area contributed by atoms with Gasteiger partial charge in [-0.25, -0.2) is 15.0 Å². The van der Waals surface area contributed by atoms with E-state index in [0.29, 0.717) is 18.8 Å². The highest BCUT2D eigenvalue weighted by molar-refractivity contribution is 14.1. The summed E-state index contributed by atoms with van der Waals surface area (Å²) in [7, 11) is 1.92. The summed E-state index contributed by atoms with van der Waals surface area (Å²) in [6.07, 6.45) is 4.48. The van der Waals surface area contributed by atoms with Gasteiger partial charge in [0.05, 0.1) is 24.4 Å². The standard InChI is InChI=1S/C20H32IN5O3Si/c1-20(2,3)30(6,7)28-10-15-14(27)8-16(29-15)26-9-13(21)17-18(24-12-25(4)5)22-11-23-19(17)26/h9,11-12,14-16,27H,8,10H2,1-7H3/t14-,15-,16-/m1/s1. The fourth-order valence-electron chi connectivity index (χ4n) is 3.05. The van der Waals surface area contributed by atoms with Gasteiger partial charge in [-0.15, -0.1) is 0 Å². The average molecular weight is 545 g/mol. The van der Waals surface area contributed by atoms with Crippen molar-refractivity contribution in [3.8, 4) is 0 Å². The van der Waals surface area contributed by atoms with E-state index in [0.717, 1.165) is 14.6 Å². The van der Waals surface area contributed by atoms with Crippen LogP contribution >= 0.6 is 22.6 Å². The Morgan fingerprint density at radius 1 is 1.40 bits per heavy atom. The molecule has 166 valence electrons. The molecule has 0 spiro atoms. The molecule has 3 heterocycles. The first-order valence-corrected chi connectivity index (χ1v) is 14.1. The Hall–Kier alpha value is -1.08. The molecule has 1 N–H and O–H groups in total. The molecule has 0 amide bonds. The van der Waals surface area contributed by atoms with E-state index in [1.165, 1.54) is 6.33 Å². The van der Waals surface area contributed by atoms with Gasteiger partial charge in [-0.05, 0) is 40.7 Å². The van der Waals surface area contributed by atoms with Crippen LogP contribution in [0.5, 0.6) is 0 Å². The lowest BCUT2D eigenvalue weighted by atomic mass is 10.2. The van der Waals surface area contributed by atoms with Crippen molar-refractivity contribution in [2.24, 2.45) is 4.99 Å². The lowest BCUT2D eigenvalue weighted by Gasteiger charge is -2.37. The lowest BCUT2D eigenvalue weighted by Crippen LogP contribution is -2.43. The monoisotopic (exact) mass is 545 g/mol. The van der Waals surface area contributed by atoms with Crippen LogP contribution in [0.4, 0.5) is 5.82 Å². The minimum Gasteiger partial charge on any atom is -0.414 e. The fourth-order valence-corrected chi connectivity index (χ4v) is 4.85. The van der Waals surface area contributed by atoms with Crippen LogP contribution < -0.4 is 0 Å². The number of aliphatic hydroxyl groups excluding tert-OH is 1. The Balaban J connectivity index is 1.81. The second-order valence-corrected chi connectivity index (χ2v) is 15.5. The van der Waals surface area contributed by atoms with Gasteiger partial charge in [0.1, 0.15) is 24.3 Å². The van der Waals surface area contributed by atoms with Crippen molar-refractivity contribution in [1.29, 1.82) is 0 Å². The number of aromatic nitrogens is 3. The summed E-state index contributed by atoms with van der Waals surface area (Å²) >= 11 is 2.27. The Bertz CT molecular complexity index is 925.